The Morgan fingerprint density at radius 2 is 2.00 bits per heavy atom. The Morgan fingerprint density at radius 1 is 1.31 bits per heavy atom. The van der Waals surface area contributed by atoms with E-state index in [1.807, 2.05) is 20.2 Å². The quantitative estimate of drug-likeness (QED) is 0.581. The van der Waals surface area contributed by atoms with Crippen LogP contribution in [0.2, 0.25) is 0 Å². The molecule has 4 nitrogen and oxygen atoms in total. The summed E-state index contributed by atoms with van der Waals surface area (Å²) < 4.78 is 26.0. The van der Waals surface area contributed by atoms with Crippen molar-refractivity contribution in [1.29, 1.82) is 0 Å². The second kappa shape index (κ2) is 9.27. The molecule has 0 rings (SSSR count). The first-order chi connectivity index (χ1) is 7.52. The molecule has 0 aromatic rings. The number of hydrogen-bond donors (Lipinski definition) is 2. The average molecular weight is 268 g/mol. The Morgan fingerprint density at radius 3 is 2.56 bits per heavy atom. The fourth-order valence-electron chi connectivity index (χ4n) is 1.31. The van der Waals surface area contributed by atoms with E-state index < -0.39 is 10.0 Å². The van der Waals surface area contributed by atoms with Gasteiger partial charge >= 0.3 is 0 Å². The van der Waals surface area contributed by atoms with Gasteiger partial charge in [0.25, 0.3) is 0 Å². The van der Waals surface area contributed by atoms with Crippen molar-refractivity contribution < 1.29 is 8.42 Å². The average Bonchev–Trinajstić information content (AvgIpc) is 2.21. The monoisotopic (exact) mass is 268 g/mol. The molecule has 0 saturated heterocycles. The summed E-state index contributed by atoms with van der Waals surface area (Å²) in [7, 11) is -1.21. The van der Waals surface area contributed by atoms with Crippen molar-refractivity contribution >= 4 is 21.8 Å². The van der Waals surface area contributed by atoms with Gasteiger partial charge in [0.05, 0.1) is 5.75 Å². The Hall–Kier alpha value is 0.220. The van der Waals surface area contributed by atoms with E-state index in [0.717, 1.165) is 25.1 Å². The molecule has 0 spiro atoms. The normalized spacial score (nSPS) is 13.9. The molecule has 6 heteroatoms. The molecule has 0 aliphatic heterocycles. The van der Waals surface area contributed by atoms with Crippen LogP contribution >= 0.6 is 11.8 Å². The number of thioether (sulfide) groups is 1. The maximum atomic E-state index is 11.6. The SMILES string of the molecule is CNCCCCS(=O)(=O)NC(C)CCSC. The van der Waals surface area contributed by atoms with Gasteiger partial charge in [0.15, 0.2) is 0 Å². The van der Waals surface area contributed by atoms with E-state index in [1.165, 1.54) is 0 Å². The van der Waals surface area contributed by atoms with E-state index >= 15 is 0 Å². The third-order valence-corrected chi connectivity index (χ3v) is 4.46. The molecule has 0 aliphatic carbocycles. The molecule has 1 unspecified atom stereocenters. The maximum absolute atomic E-state index is 11.6. The summed E-state index contributed by atoms with van der Waals surface area (Å²) in [6, 6.07) is 0.0433. The van der Waals surface area contributed by atoms with Crippen LogP contribution in [-0.4, -0.2) is 45.8 Å². The van der Waals surface area contributed by atoms with Gasteiger partial charge in [0, 0.05) is 6.04 Å². The van der Waals surface area contributed by atoms with Gasteiger partial charge in [-0.05, 0) is 51.8 Å². The molecule has 1 atom stereocenters. The van der Waals surface area contributed by atoms with Crippen molar-refractivity contribution in [3.8, 4) is 0 Å². The van der Waals surface area contributed by atoms with Crippen LogP contribution in [0.4, 0.5) is 0 Å². The van der Waals surface area contributed by atoms with Gasteiger partial charge < -0.3 is 5.32 Å². The van der Waals surface area contributed by atoms with E-state index in [-0.39, 0.29) is 11.8 Å². The highest BCUT2D eigenvalue weighted by Crippen LogP contribution is 2.02. The zero-order valence-electron chi connectivity index (χ0n) is 10.5. The third kappa shape index (κ3) is 9.45. The Kier molecular flexibility index (Phi) is 9.40. The number of unbranched alkanes of at least 4 members (excludes halogenated alkanes) is 1. The van der Waals surface area contributed by atoms with Crippen LogP contribution in [0.15, 0.2) is 0 Å². The van der Waals surface area contributed by atoms with Crippen LogP contribution in [-0.2, 0) is 10.0 Å². The number of hydrogen-bond acceptors (Lipinski definition) is 4. The van der Waals surface area contributed by atoms with Crippen molar-refractivity contribution in [3.63, 3.8) is 0 Å². The van der Waals surface area contributed by atoms with Crippen molar-refractivity contribution in [2.24, 2.45) is 0 Å². The minimum Gasteiger partial charge on any atom is -0.320 e. The van der Waals surface area contributed by atoms with E-state index in [2.05, 4.69) is 10.0 Å². The summed E-state index contributed by atoms with van der Waals surface area (Å²) in [5.41, 5.74) is 0. The van der Waals surface area contributed by atoms with Crippen LogP contribution < -0.4 is 10.0 Å². The van der Waals surface area contributed by atoms with Crippen LogP contribution in [0.25, 0.3) is 0 Å². The van der Waals surface area contributed by atoms with Gasteiger partial charge in [-0.2, -0.15) is 11.8 Å². The molecule has 98 valence electrons. The zero-order valence-corrected chi connectivity index (χ0v) is 12.1. The van der Waals surface area contributed by atoms with Crippen molar-refractivity contribution in [2.75, 3.05) is 31.4 Å². The molecule has 0 saturated carbocycles. The summed E-state index contributed by atoms with van der Waals surface area (Å²) in [5.74, 6) is 1.22. The van der Waals surface area contributed by atoms with Crippen molar-refractivity contribution in [3.05, 3.63) is 0 Å². The minimum absolute atomic E-state index is 0.0433. The molecule has 0 aromatic carbocycles. The molecule has 16 heavy (non-hydrogen) atoms. The molecule has 0 fully saturated rings. The second-order valence-corrected chi connectivity index (χ2v) is 6.79. The standard InChI is InChI=1S/C10H24N2O2S2/c1-10(6-8-15-3)12-16(13,14)9-5-4-7-11-2/h10-12H,4-9H2,1-3H3. The molecule has 0 aromatic heterocycles. The maximum Gasteiger partial charge on any atom is 0.211 e. The molecule has 0 bridgehead atoms. The van der Waals surface area contributed by atoms with Crippen molar-refractivity contribution in [2.45, 2.75) is 32.2 Å². The summed E-state index contributed by atoms with van der Waals surface area (Å²) in [6.07, 6.45) is 4.53. The molecule has 0 aliphatic rings. The van der Waals surface area contributed by atoms with Gasteiger partial charge in [-0.15, -0.1) is 0 Å². The topological polar surface area (TPSA) is 58.2 Å². The van der Waals surface area contributed by atoms with E-state index in [0.29, 0.717) is 6.42 Å². The Balaban J connectivity index is 3.76. The first-order valence-corrected chi connectivity index (χ1v) is 8.70. The number of sulfonamides is 1. The first kappa shape index (κ1) is 16.2. The highest BCUT2D eigenvalue weighted by atomic mass is 32.2. The minimum atomic E-state index is -3.08. The summed E-state index contributed by atoms with van der Waals surface area (Å²) >= 11 is 1.74. The lowest BCUT2D eigenvalue weighted by Gasteiger charge is -2.13. The van der Waals surface area contributed by atoms with E-state index in [1.54, 1.807) is 11.8 Å². The van der Waals surface area contributed by atoms with Gasteiger partial charge in [0.1, 0.15) is 0 Å². The molecule has 0 heterocycles. The smallest absolute Gasteiger partial charge is 0.211 e. The van der Waals surface area contributed by atoms with Gasteiger partial charge in [-0.3, -0.25) is 0 Å². The second-order valence-electron chi connectivity index (χ2n) is 3.93. The van der Waals surface area contributed by atoms with Crippen molar-refractivity contribution in [1.82, 2.24) is 10.0 Å². The lowest BCUT2D eigenvalue weighted by atomic mass is 10.3. The highest BCUT2D eigenvalue weighted by molar-refractivity contribution is 7.98. The molecule has 0 amide bonds. The van der Waals surface area contributed by atoms with Crippen LogP contribution in [0.3, 0.4) is 0 Å². The Labute approximate surface area is 104 Å². The number of nitrogens with one attached hydrogen (secondary N) is 2. The van der Waals surface area contributed by atoms with Gasteiger partial charge in [-0.1, -0.05) is 0 Å². The van der Waals surface area contributed by atoms with E-state index in [4.69, 9.17) is 0 Å². The predicted octanol–water partition coefficient (Wildman–Crippen LogP) is 1.05. The zero-order chi connectivity index (χ0) is 12.4. The molecular formula is C10H24N2O2S2. The fourth-order valence-corrected chi connectivity index (χ4v) is 3.34. The Bertz CT molecular complexity index is 256. The molecule has 0 radical (unpaired) electrons. The lowest BCUT2D eigenvalue weighted by molar-refractivity contribution is 0.552. The first-order valence-electron chi connectivity index (χ1n) is 5.65. The molecular weight excluding hydrogens is 244 g/mol. The van der Waals surface area contributed by atoms with Gasteiger partial charge in [-0.25, -0.2) is 13.1 Å². The van der Waals surface area contributed by atoms with Crippen LogP contribution in [0.5, 0.6) is 0 Å². The van der Waals surface area contributed by atoms with Crippen LogP contribution in [0, 0.1) is 0 Å². The predicted molar refractivity (Wildman–Crippen MR) is 72.5 cm³/mol. The molecule has 2 N–H and O–H groups in total. The largest absolute Gasteiger partial charge is 0.320 e. The van der Waals surface area contributed by atoms with Gasteiger partial charge in [0.2, 0.25) is 10.0 Å². The highest BCUT2D eigenvalue weighted by Gasteiger charge is 2.13. The summed E-state index contributed by atoms with van der Waals surface area (Å²) in [4.78, 5) is 0. The van der Waals surface area contributed by atoms with Crippen LogP contribution in [0.1, 0.15) is 26.2 Å². The fraction of sp³-hybridized carbons (Fsp3) is 1.00. The van der Waals surface area contributed by atoms with E-state index in [9.17, 15) is 8.42 Å². The summed E-state index contributed by atoms with van der Waals surface area (Å²) in [6.45, 7) is 2.79. The third-order valence-electron chi connectivity index (χ3n) is 2.23. The summed E-state index contributed by atoms with van der Waals surface area (Å²) in [5, 5.41) is 3.00. The number of rotatable bonds is 10. The lowest BCUT2D eigenvalue weighted by Crippen LogP contribution is -2.34.